The predicted octanol–water partition coefficient (Wildman–Crippen LogP) is 2.71. The van der Waals surface area contributed by atoms with Crippen LogP contribution in [0.1, 0.15) is 10.4 Å². The molecule has 0 unspecified atom stereocenters. The van der Waals surface area contributed by atoms with Gasteiger partial charge in [0.15, 0.2) is 0 Å². The van der Waals surface area contributed by atoms with Crippen molar-refractivity contribution >= 4 is 27.6 Å². The molecule has 0 bridgehead atoms. The van der Waals surface area contributed by atoms with Gasteiger partial charge in [-0.15, -0.1) is 0 Å². The monoisotopic (exact) mass is 362 g/mol. The van der Waals surface area contributed by atoms with Crippen LogP contribution in [0.5, 0.6) is 0 Å². The van der Waals surface area contributed by atoms with E-state index in [4.69, 9.17) is 0 Å². The zero-order chi connectivity index (χ0) is 18.8. The summed E-state index contributed by atoms with van der Waals surface area (Å²) < 4.78 is 0. The first-order valence-corrected chi connectivity index (χ1v) is 9.56. The second-order valence-electron chi connectivity index (χ2n) is 7.52. The van der Waals surface area contributed by atoms with Crippen molar-refractivity contribution in [2.24, 2.45) is 0 Å². The Balaban J connectivity index is 1.49. The molecular formula is C22H26N4O. The molecule has 140 valence electrons. The van der Waals surface area contributed by atoms with Crippen LogP contribution in [0, 0.1) is 0 Å². The predicted molar refractivity (Wildman–Crippen MR) is 110 cm³/mol. The highest BCUT2D eigenvalue weighted by Crippen LogP contribution is 2.24. The van der Waals surface area contributed by atoms with Crippen LogP contribution < -0.4 is 0 Å². The number of rotatable bonds is 4. The molecule has 1 saturated heterocycles. The third-order valence-corrected chi connectivity index (χ3v) is 5.35. The van der Waals surface area contributed by atoms with Crippen molar-refractivity contribution in [2.75, 3.05) is 53.4 Å². The lowest BCUT2D eigenvalue weighted by molar-refractivity contribution is 0.0629. The van der Waals surface area contributed by atoms with Gasteiger partial charge in [0.05, 0.1) is 11.1 Å². The van der Waals surface area contributed by atoms with Crippen molar-refractivity contribution in [3.05, 3.63) is 54.2 Å². The average Bonchev–Trinajstić information content (AvgIpc) is 2.71. The van der Waals surface area contributed by atoms with Crippen LogP contribution in [0.2, 0.25) is 0 Å². The largest absolute Gasteiger partial charge is 0.336 e. The summed E-state index contributed by atoms with van der Waals surface area (Å²) >= 11 is 0. The van der Waals surface area contributed by atoms with Crippen LogP contribution in [0.3, 0.4) is 0 Å². The van der Waals surface area contributed by atoms with Crippen molar-refractivity contribution in [3.63, 3.8) is 0 Å². The molecule has 1 amide bonds. The molecule has 1 fully saturated rings. The Labute approximate surface area is 160 Å². The molecule has 1 aliphatic rings. The second-order valence-corrected chi connectivity index (χ2v) is 7.52. The lowest BCUT2D eigenvalue weighted by Gasteiger charge is -2.35. The van der Waals surface area contributed by atoms with E-state index in [0.717, 1.165) is 55.6 Å². The van der Waals surface area contributed by atoms with Crippen molar-refractivity contribution in [1.82, 2.24) is 19.7 Å². The molecule has 27 heavy (non-hydrogen) atoms. The minimum atomic E-state index is 0.0878. The number of piperazine rings is 1. The number of hydrogen-bond donors (Lipinski definition) is 0. The maximum Gasteiger partial charge on any atom is 0.255 e. The minimum Gasteiger partial charge on any atom is -0.336 e. The van der Waals surface area contributed by atoms with E-state index in [2.05, 4.69) is 53.1 Å². The Morgan fingerprint density at radius 3 is 2.56 bits per heavy atom. The Bertz CT molecular complexity index is 961. The number of fused-ring (bicyclic) bond motifs is 3. The van der Waals surface area contributed by atoms with Gasteiger partial charge in [-0.05, 0) is 25.5 Å². The van der Waals surface area contributed by atoms with Gasteiger partial charge in [-0.2, -0.15) is 0 Å². The summed E-state index contributed by atoms with van der Waals surface area (Å²) in [5, 5.41) is 3.32. The first-order valence-electron chi connectivity index (χ1n) is 9.56. The molecule has 4 rings (SSSR count). The zero-order valence-corrected chi connectivity index (χ0v) is 16.1. The Morgan fingerprint density at radius 2 is 1.78 bits per heavy atom. The maximum absolute atomic E-state index is 12.9. The second kappa shape index (κ2) is 7.62. The van der Waals surface area contributed by atoms with Gasteiger partial charge in [0.25, 0.3) is 5.91 Å². The van der Waals surface area contributed by atoms with Gasteiger partial charge in [-0.25, -0.2) is 0 Å². The molecule has 1 aromatic heterocycles. The van der Waals surface area contributed by atoms with Gasteiger partial charge in [-0.3, -0.25) is 14.7 Å². The fourth-order valence-corrected chi connectivity index (χ4v) is 3.69. The van der Waals surface area contributed by atoms with Crippen molar-refractivity contribution in [1.29, 1.82) is 0 Å². The standard InChI is InChI=1S/C22H26N4O/c1-24(2)9-10-25-11-13-26(14-12-25)22(27)19-15-18-8-7-17-5-3-4-6-20(17)21(18)23-16-19/h3-8,15-16H,9-14H2,1-2H3. The molecule has 0 aliphatic carbocycles. The molecule has 5 nitrogen and oxygen atoms in total. The van der Waals surface area contributed by atoms with Crippen LogP contribution in [0.15, 0.2) is 48.7 Å². The van der Waals surface area contributed by atoms with E-state index in [0.29, 0.717) is 5.56 Å². The highest BCUT2D eigenvalue weighted by atomic mass is 16.2. The maximum atomic E-state index is 12.9. The van der Waals surface area contributed by atoms with E-state index in [1.54, 1.807) is 6.20 Å². The molecule has 0 radical (unpaired) electrons. The smallest absolute Gasteiger partial charge is 0.255 e. The molecule has 5 heteroatoms. The van der Waals surface area contributed by atoms with Crippen LogP contribution in [-0.4, -0.2) is 79.0 Å². The fraction of sp³-hybridized carbons (Fsp3) is 0.364. The highest BCUT2D eigenvalue weighted by Gasteiger charge is 2.22. The topological polar surface area (TPSA) is 39.7 Å². The lowest BCUT2D eigenvalue weighted by Crippen LogP contribution is -2.50. The van der Waals surface area contributed by atoms with Gasteiger partial charge < -0.3 is 9.80 Å². The van der Waals surface area contributed by atoms with Gasteiger partial charge in [0.2, 0.25) is 0 Å². The first-order chi connectivity index (χ1) is 13.1. The molecule has 0 atom stereocenters. The number of likely N-dealkylation sites (N-methyl/N-ethyl adjacent to an activating group) is 1. The van der Waals surface area contributed by atoms with E-state index in [9.17, 15) is 4.79 Å². The van der Waals surface area contributed by atoms with Crippen LogP contribution >= 0.6 is 0 Å². The summed E-state index contributed by atoms with van der Waals surface area (Å²) in [7, 11) is 4.19. The summed E-state index contributed by atoms with van der Waals surface area (Å²) in [5.41, 5.74) is 1.64. The SMILES string of the molecule is CN(C)CCN1CCN(C(=O)c2cnc3c(ccc4ccccc43)c2)CC1. The zero-order valence-electron chi connectivity index (χ0n) is 16.1. The van der Waals surface area contributed by atoms with Gasteiger partial charge in [0.1, 0.15) is 0 Å². The number of amides is 1. The third kappa shape index (κ3) is 3.80. The van der Waals surface area contributed by atoms with E-state index in [-0.39, 0.29) is 5.91 Å². The molecule has 2 aromatic carbocycles. The molecule has 3 aromatic rings. The van der Waals surface area contributed by atoms with E-state index in [1.165, 1.54) is 5.39 Å². The molecule has 0 spiro atoms. The summed E-state index contributed by atoms with van der Waals surface area (Å²) in [6.45, 7) is 5.54. The number of nitrogens with zero attached hydrogens (tertiary/aromatic N) is 4. The quantitative estimate of drug-likeness (QED) is 0.669. The van der Waals surface area contributed by atoms with Gasteiger partial charge in [0, 0.05) is 56.2 Å². The summed E-state index contributed by atoms with van der Waals surface area (Å²) in [4.78, 5) is 24.1. The van der Waals surface area contributed by atoms with Gasteiger partial charge in [-0.1, -0.05) is 36.4 Å². The van der Waals surface area contributed by atoms with Crippen molar-refractivity contribution in [2.45, 2.75) is 0 Å². The first kappa shape index (κ1) is 17.9. The van der Waals surface area contributed by atoms with Crippen molar-refractivity contribution in [3.8, 4) is 0 Å². The third-order valence-electron chi connectivity index (χ3n) is 5.35. The summed E-state index contributed by atoms with van der Waals surface area (Å²) in [5.74, 6) is 0.0878. The molecule has 1 aliphatic heterocycles. The van der Waals surface area contributed by atoms with E-state index < -0.39 is 0 Å². The number of hydrogen-bond acceptors (Lipinski definition) is 4. The molecule has 2 heterocycles. The molecule has 0 N–H and O–H groups in total. The molecule has 0 saturated carbocycles. The number of benzene rings is 2. The Morgan fingerprint density at radius 1 is 1.04 bits per heavy atom. The number of carbonyl (C=O) groups excluding carboxylic acids is 1. The molecular weight excluding hydrogens is 336 g/mol. The normalized spacial score (nSPS) is 15.7. The van der Waals surface area contributed by atoms with Crippen LogP contribution in [0.4, 0.5) is 0 Å². The van der Waals surface area contributed by atoms with E-state index in [1.807, 2.05) is 23.1 Å². The van der Waals surface area contributed by atoms with Gasteiger partial charge >= 0.3 is 0 Å². The fourth-order valence-electron chi connectivity index (χ4n) is 3.69. The van der Waals surface area contributed by atoms with Crippen LogP contribution in [0.25, 0.3) is 21.7 Å². The number of carbonyl (C=O) groups is 1. The number of aromatic nitrogens is 1. The average molecular weight is 362 g/mol. The Hall–Kier alpha value is -2.50. The lowest BCUT2D eigenvalue weighted by atomic mass is 10.0. The Kier molecular flexibility index (Phi) is 5.05. The minimum absolute atomic E-state index is 0.0878. The van der Waals surface area contributed by atoms with Crippen LogP contribution in [-0.2, 0) is 0 Å². The highest BCUT2D eigenvalue weighted by molar-refractivity contribution is 6.07. The summed E-state index contributed by atoms with van der Waals surface area (Å²) in [6.07, 6.45) is 1.73. The van der Waals surface area contributed by atoms with E-state index >= 15 is 0 Å². The van der Waals surface area contributed by atoms with Crippen molar-refractivity contribution < 1.29 is 4.79 Å². The number of pyridine rings is 1. The summed E-state index contributed by atoms with van der Waals surface area (Å²) in [6, 6.07) is 14.4.